The van der Waals surface area contributed by atoms with Gasteiger partial charge in [0, 0.05) is 24.4 Å². The van der Waals surface area contributed by atoms with Crippen LogP contribution in [0, 0.1) is 5.82 Å². The highest BCUT2D eigenvalue weighted by Crippen LogP contribution is 2.40. The molecule has 0 spiro atoms. The molecule has 3 rings (SSSR count). The maximum atomic E-state index is 13.2. The number of ketones is 1. The normalized spacial score (nSPS) is 11.5. The van der Waals surface area contributed by atoms with Gasteiger partial charge in [0.05, 0.1) is 25.1 Å². The van der Waals surface area contributed by atoms with Gasteiger partial charge in [0.25, 0.3) is 5.78 Å². The number of aromatic nitrogens is 1. The van der Waals surface area contributed by atoms with Crippen molar-refractivity contribution in [1.82, 2.24) is 4.57 Å². The fourth-order valence-electron chi connectivity index (χ4n) is 3.08. The Balaban J connectivity index is 2.22. The van der Waals surface area contributed by atoms with Gasteiger partial charge in [-0.3, -0.25) is 4.79 Å². The van der Waals surface area contributed by atoms with Crippen molar-refractivity contribution in [3.63, 3.8) is 0 Å². The molecule has 0 atom stereocenters. The molecule has 2 N–H and O–H groups in total. The molecule has 150 valence electrons. The summed E-state index contributed by atoms with van der Waals surface area (Å²) in [6.45, 7) is 0.340. The van der Waals surface area contributed by atoms with Crippen molar-refractivity contribution in [3.05, 3.63) is 65.6 Å². The molecule has 3 aromatic rings. The number of carbonyl (C=O) groups is 2. The van der Waals surface area contributed by atoms with E-state index in [9.17, 15) is 19.1 Å². The van der Waals surface area contributed by atoms with Crippen LogP contribution >= 0.6 is 0 Å². The number of hydrogen-bond acceptors (Lipinski definition) is 5. The van der Waals surface area contributed by atoms with E-state index in [0.717, 1.165) is 5.56 Å². The van der Waals surface area contributed by atoms with E-state index in [0.29, 0.717) is 35.0 Å². The average Bonchev–Trinajstić information content (AvgIpc) is 3.07. The number of fused-ring (bicyclic) bond motifs is 1. The number of hydrogen-bond donors (Lipinski definition) is 2. The highest BCUT2D eigenvalue weighted by molar-refractivity contribution is 6.38. The number of carboxylic acids is 1. The molecule has 29 heavy (non-hydrogen) atoms. The molecular weight excluding hydrogens is 381 g/mol. The number of aliphatic hydroxyl groups excluding tert-OH is 1. The summed E-state index contributed by atoms with van der Waals surface area (Å²) in [7, 11) is 2.89. The molecule has 1 aromatic heterocycles. The van der Waals surface area contributed by atoms with Gasteiger partial charge in [-0.2, -0.15) is 0 Å². The lowest BCUT2D eigenvalue weighted by Gasteiger charge is -2.11. The first-order chi connectivity index (χ1) is 13.8. The van der Waals surface area contributed by atoms with Crippen molar-refractivity contribution in [1.29, 1.82) is 0 Å². The summed E-state index contributed by atoms with van der Waals surface area (Å²) >= 11 is 0. The van der Waals surface area contributed by atoms with Crippen LogP contribution in [-0.4, -0.2) is 40.8 Å². The van der Waals surface area contributed by atoms with E-state index in [1.165, 1.54) is 26.4 Å². The molecule has 0 unspecified atom stereocenters. The first-order valence-electron chi connectivity index (χ1n) is 8.52. The van der Waals surface area contributed by atoms with Crippen molar-refractivity contribution >= 4 is 28.4 Å². The molecule has 0 aliphatic carbocycles. The molecule has 2 aromatic carbocycles. The van der Waals surface area contributed by atoms with Crippen molar-refractivity contribution in [3.8, 4) is 11.5 Å². The summed E-state index contributed by atoms with van der Waals surface area (Å²) in [5, 5.41) is 19.7. The number of benzene rings is 2. The minimum absolute atomic E-state index is 0.201. The lowest BCUT2D eigenvalue weighted by molar-refractivity contribution is -0.146. The van der Waals surface area contributed by atoms with Crippen LogP contribution < -0.4 is 9.47 Å². The van der Waals surface area contributed by atoms with Crippen LogP contribution in [0.25, 0.3) is 16.7 Å². The number of rotatable bonds is 7. The van der Waals surface area contributed by atoms with Gasteiger partial charge < -0.3 is 24.3 Å². The molecule has 0 radical (unpaired) electrons. The Kier molecular flexibility index (Phi) is 5.54. The zero-order valence-electron chi connectivity index (χ0n) is 15.7. The zero-order chi connectivity index (χ0) is 21.1. The molecule has 7 nitrogen and oxygen atoms in total. The number of carboxylic acid groups (broad SMARTS) is 1. The molecule has 0 amide bonds. The van der Waals surface area contributed by atoms with Crippen molar-refractivity contribution < 1.29 is 33.7 Å². The minimum Gasteiger partial charge on any atom is -0.507 e. The molecule has 8 heteroatoms. The summed E-state index contributed by atoms with van der Waals surface area (Å²) in [6, 6.07) is 9.38. The predicted octanol–water partition coefficient (Wildman–Crippen LogP) is 3.40. The van der Waals surface area contributed by atoms with Gasteiger partial charge in [-0.25, -0.2) is 9.18 Å². The van der Waals surface area contributed by atoms with Crippen LogP contribution in [0.2, 0.25) is 0 Å². The number of carbonyl (C=O) groups excluding carboxylic acids is 1. The van der Waals surface area contributed by atoms with Crippen LogP contribution in [0.4, 0.5) is 4.39 Å². The summed E-state index contributed by atoms with van der Waals surface area (Å²) in [4.78, 5) is 22.4. The zero-order valence-corrected chi connectivity index (χ0v) is 15.7. The Labute approximate surface area is 165 Å². The molecule has 1 heterocycles. The van der Waals surface area contributed by atoms with Crippen LogP contribution in [0.1, 0.15) is 11.1 Å². The summed E-state index contributed by atoms with van der Waals surface area (Å²) in [5.41, 5.74) is 1.65. The smallest absolute Gasteiger partial charge is 0.376 e. The number of nitrogens with zero attached hydrogens (tertiary/aromatic N) is 1. The van der Waals surface area contributed by atoms with Crippen molar-refractivity contribution in [2.24, 2.45) is 0 Å². The fourth-order valence-corrected chi connectivity index (χ4v) is 3.08. The van der Waals surface area contributed by atoms with Gasteiger partial charge in [-0.1, -0.05) is 12.1 Å². The minimum atomic E-state index is -1.68. The van der Waals surface area contributed by atoms with Gasteiger partial charge >= 0.3 is 5.97 Å². The molecule has 0 bridgehead atoms. The van der Waals surface area contributed by atoms with Crippen LogP contribution in [0.15, 0.2) is 48.7 Å². The van der Waals surface area contributed by atoms with Crippen molar-refractivity contribution in [2.45, 2.75) is 6.54 Å². The Morgan fingerprint density at radius 1 is 1.07 bits per heavy atom. The van der Waals surface area contributed by atoms with Gasteiger partial charge in [0.2, 0.25) is 0 Å². The van der Waals surface area contributed by atoms with Gasteiger partial charge in [-0.05, 0) is 29.8 Å². The molecule has 0 aliphatic heterocycles. The summed E-state index contributed by atoms with van der Waals surface area (Å²) in [6.07, 6.45) is 2.20. The number of aliphatic carboxylic acids is 1. The quantitative estimate of drug-likeness (QED) is 0.359. The second-order valence-corrected chi connectivity index (χ2v) is 6.19. The maximum absolute atomic E-state index is 13.2. The van der Waals surface area contributed by atoms with Crippen LogP contribution in [0.5, 0.6) is 11.5 Å². The second-order valence-electron chi connectivity index (χ2n) is 6.19. The van der Waals surface area contributed by atoms with E-state index in [1.807, 2.05) is 0 Å². The van der Waals surface area contributed by atoms with Gasteiger partial charge in [0.15, 0.2) is 11.5 Å². The topological polar surface area (TPSA) is 98.0 Å². The number of aliphatic hydroxyl groups is 1. The van der Waals surface area contributed by atoms with E-state index in [2.05, 4.69) is 0 Å². The monoisotopic (exact) mass is 399 g/mol. The van der Waals surface area contributed by atoms with Gasteiger partial charge in [-0.15, -0.1) is 0 Å². The largest absolute Gasteiger partial charge is 0.507 e. The SMILES string of the molecule is COc1ccc2c(c(/C(O)=C/C(=O)C(=O)O)cn2Cc2ccc(F)cc2)c1OC. The average molecular weight is 399 g/mol. The third-order valence-electron chi connectivity index (χ3n) is 4.41. The van der Waals surface area contributed by atoms with Gasteiger partial charge in [0.1, 0.15) is 11.6 Å². The summed E-state index contributed by atoms with van der Waals surface area (Å²) in [5.74, 6) is -3.10. The standard InChI is InChI=1S/C21H18FNO6/c1-28-18-8-7-15-19(20(18)29-2)14(16(24)9-17(25)21(26)27)11-23(15)10-12-3-5-13(22)6-4-12/h3-9,11,24H,10H2,1-2H3,(H,26,27)/b16-9-. The third-order valence-corrected chi connectivity index (χ3v) is 4.41. The highest BCUT2D eigenvalue weighted by Gasteiger charge is 2.21. The lowest BCUT2D eigenvalue weighted by Crippen LogP contribution is -2.09. The predicted molar refractivity (Wildman–Crippen MR) is 104 cm³/mol. The van der Waals surface area contributed by atoms with E-state index in [4.69, 9.17) is 14.6 Å². The Morgan fingerprint density at radius 2 is 1.76 bits per heavy atom. The fraction of sp³-hybridized carbons (Fsp3) is 0.143. The highest BCUT2D eigenvalue weighted by atomic mass is 19.1. The number of halogens is 1. The van der Waals surface area contributed by atoms with E-state index < -0.39 is 17.5 Å². The Hall–Kier alpha value is -3.81. The van der Waals surface area contributed by atoms with Crippen LogP contribution in [0.3, 0.4) is 0 Å². The lowest BCUT2D eigenvalue weighted by atomic mass is 10.1. The Bertz CT molecular complexity index is 1110. The first kappa shape index (κ1) is 19.9. The van der Waals surface area contributed by atoms with Crippen molar-refractivity contribution in [2.75, 3.05) is 14.2 Å². The molecule has 0 saturated carbocycles. The van der Waals surface area contributed by atoms with E-state index >= 15 is 0 Å². The molecule has 0 saturated heterocycles. The third kappa shape index (κ3) is 3.91. The molecular formula is C21H18FNO6. The number of methoxy groups -OCH3 is 2. The van der Waals surface area contributed by atoms with Crippen LogP contribution in [-0.2, 0) is 16.1 Å². The molecule has 0 fully saturated rings. The molecule has 0 aliphatic rings. The summed E-state index contributed by atoms with van der Waals surface area (Å²) < 4.78 is 25.7. The van der Waals surface area contributed by atoms with E-state index in [1.54, 1.807) is 35.0 Å². The number of ether oxygens (including phenoxy) is 2. The first-order valence-corrected chi connectivity index (χ1v) is 8.52. The second kappa shape index (κ2) is 8.05. The Morgan fingerprint density at radius 3 is 2.34 bits per heavy atom. The maximum Gasteiger partial charge on any atom is 0.376 e. The van der Waals surface area contributed by atoms with E-state index in [-0.39, 0.29) is 11.4 Å².